The van der Waals surface area contributed by atoms with E-state index in [2.05, 4.69) is 30.1 Å². The number of hydrogen-bond acceptors (Lipinski definition) is 4. The lowest BCUT2D eigenvalue weighted by atomic mass is 10.1. The van der Waals surface area contributed by atoms with Crippen LogP contribution in [0.15, 0.2) is 18.2 Å². The monoisotopic (exact) mass is 264 g/mol. The van der Waals surface area contributed by atoms with Crippen LogP contribution in [0.25, 0.3) is 0 Å². The molecule has 0 amide bonds. The molecule has 1 aliphatic rings. The molecule has 1 heterocycles. The van der Waals surface area contributed by atoms with Crippen molar-refractivity contribution in [3.8, 4) is 5.75 Å². The molecule has 0 spiro atoms. The summed E-state index contributed by atoms with van der Waals surface area (Å²) < 4.78 is 10.6. The van der Waals surface area contributed by atoms with Gasteiger partial charge in [-0.2, -0.15) is 0 Å². The van der Waals surface area contributed by atoms with Crippen molar-refractivity contribution < 1.29 is 9.47 Å². The van der Waals surface area contributed by atoms with Crippen LogP contribution in [0.3, 0.4) is 0 Å². The first-order valence-corrected chi connectivity index (χ1v) is 6.86. The molecule has 0 saturated heterocycles. The summed E-state index contributed by atoms with van der Waals surface area (Å²) in [6.45, 7) is 3.31. The lowest BCUT2D eigenvalue weighted by Gasteiger charge is -2.20. The standard InChI is InChI=1S/C15H24N2O2/c1-17(10-14(16)11-18-2)7-5-12-3-4-15-13(9-12)6-8-19-15/h3-4,9,14H,5-8,10-11,16H2,1-2H3. The van der Waals surface area contributed by atoms with Gasteiger partial charge in [0.15, 0.2) is 0 Å². The highest BCUT2D eigenvalue weighted by Gasteiger charge is 2.12. The van der Waals surface area contributed by atoms with Gasteiger partial charge in [-0.15, -0.1) is 0 Å². The molecule has 1 aromatic rings. The molecular formula is C15H24N2O2. The number of nitrogens with zero attached hydrogens (tertiary/aromatic N) is 1. The third-order valence-electron chi connectivity index (χ3n) is 3.46. The van der Waals surface area contributed by atoms with Crippen LogP contribution in [-0.2, 0) is 17.6 Å². The predicted octanol–water partition coefficient (Wildman–Crippen LogP) is 1.07. The molecule has 0 fully saturated rings. The van der Waals surface area contributed by atoms with Gasteiger partial charge in [-0.25, -0.2) is 0 Å². The van der Waals surface area contributed by atoms with Crippen LogP contribution in [0.4, 0.5) is 0 Å². The number of fused-ring (bicyclic) bond motifs is 1. The summed E-state index contributed by atoms with van der Waals surface area (Å²) in [5, 5.41) is 0. The Morgan fingerprint density at radius 1 is 1.47 bits per heavy atom. The molecule has 1 unspecified atom stereocenters. The van der Waals surface area contributed by atoms with E-state index in [1.54, 1.807) is 7.11 Å². The molecule has 0 aliphatic carbocycles. The summed E-state index contributed by atoms with van der Waals surface area (Å²) in [6, 6.07) is 6.61. The SMILES string of the molecule is COCC(N)CN(C)CCc1ccc2c(c1)CCO2. The Labute approximate surface area is 115 Å². The fraction of sp³-hybridized carbons (Fsp3) is 0.600. The van der Waals surface area contributed by atoms with Gasteiger partial charge in [-0.1, -0.05) is 12.1 Å². The highest BCUT2D eigenvalue weighted by Crippen LogP contribution is 2.25. The average molecular weight is 264 g/mol. The minimum absolute atomic E-state index is 0.0865. The zero-order valence-electron chi connectivity index (χ0n) is 11.9. The van der Waals surface area contributed by atoms with Gasteiger partial charge < -0.3 is 20.1 Å². The van der Waals surface area contributed by atoms with Gasteiger partial charge in [0.25, 0.3) is 0 Å². The van der Waals surface area contributed by atoms with Crippen LogP contribution in [0.2, 0.25) is 0 Å². The third kappa shape index (κ3) is 4.20. The van der Waals surface area contributed by atoms with E-state index in [1.807, 2.05) is 0 Å². The van der Waals surface area contributed by atoms with Gasteiger partial charge in [0.2, 0.25) is 0 Å². The van der Waals surface area contributed by atoms with Crippen molar-refractivity contribution in [3.05, 3.63) is 29.3 Å². The van der Waals surface area contributed by atoms with Gasteiger partial charge in [-0.05, 0) is 30.7 Å². The van der Waals surface area contributed by atoms with Gasteiger partial charge in [0, 0.05) is 32.7 Å². The molecule has 0 radical (unpaired) electrons. The molecule has 1 aliphatic heterocycles. The average Bonchev–Trinajstić information content (AvgIpc) is 2.83. The first-order valence-electron chi connectivity index (χ1n) is 6.86. The number of likely N-dealkylation sites (N-methyl/N-ethyl adjacent to an activating group) is 1. The van der Waals surface area contributed by atoms with E-state index in [9.17, 15) is 0 Å². The number of rotatable bonds is 7. The highest BCUT2D eigenvalue weighted by molar-refractivity contribution is 5.39. The lowest BCUT2D eigenvalue weighted by molar-refractivity contribution is 0.161. The van der Waals surface area contributed by atoms with Crippen LogP contribution in [0.5, 0.6) is 5.75 Å². The second-order valence-electron chi connectivity index (χ2n) is 5.27. The third-order valence-corrected chi connectivity index (χ3v) is 3.46. The van der Waals surface area contributed by atoms with E-state index in [1.165, 1.54) is 11.1 Å². The van der Waals surface area contributed by atoms with Crippen LogP contribution in [0.1, 0.15) is 11.1 Å². The Morgan fingerprint density at radius 2 is 2.32 bits per heavy atom. The van der Waals surface area contributed by atoms with Crippen LogP contribution in [0, 0.1) is 0 Å². The Hall–Kier alpha value is -1.10. The molecule has 0 aromatic heterocycles. The van der Waals surface area contributed by atoms with Crippen molar-refractivity contribution in [1.29, 1.82) is 0 Å². The fourth-order valence-corrected chi connectivity index (χ4v) is 2.47. The number of nitrogens with two attached hydrogens (primary N) is 1. The molecule has 19 heavy (non-hydrogen) atoms. The fourth-order valence-electron chi connectivity index (χ4n) is 2.47. The summed E-state index contributed by atoms with van der Waals surface area (Å²) in [5.74, 6) is 1.05. The van der Waals surface area contributed by atoms with E-state index in [0.29, 0.717) is 6.61 Å². The maximum Gasteiger partial charge on any atom is 0.122 e. The normalized spacial score (nSPS) is 15.4. The molecule has 1 aromatic carbocycles. The summed E-state index contributed by atoms with van der Waals surface area (Å²) in [4.78, 5) is 2.26. The zero-order chi connectivity index (χ0) is 13.7. The van der Waals surface area contributed by atoms with Gasteiger partial charge in [0.1, 0.15) is 5.75 Å². The second kappa shape index (κ2) is 6.89. The first kappa shape index (κ1) is 14.3. The minimum atomic E-state index is 0.0865. The number of ether oxygens (including phenoxy) is 2. The van der Waals surface area contributed by atoms with Gasteiger partial charge in [-0.3, -0.25) is 0 Å². The molecule has 2 N–H and O–H groups in total. The predicted molar refractivity (Wildman–Crippen MR) is 76.7 cm³/mol. The summed E-state index contributed by atoms with van der Waals surface area (Å²) in [5.41, 5.74) is 8.66. The van der Waals surface area contributed by atoms with Crippen LogP contribution >= 0.6 is 0 Å². The van der Waals surface area contributed by atoms with E-state index in [-0.39, 0.29) is 6.04 Å². The van der Waals surface area contributed by atoms with Crippen molar-refractivity contribution in [2.75, 3.05) is 40.5 Å². The molecule has 2 rings (SSSR count). The largest absolute Gasteiger partial charge is 0.493 e. The van der Waals surface area contributed by atoms with Crippen LogP contribution in [-0.4, -0.2) is 51.4 Å². The molecule has 106 valence electrons. The summed E-state index contributed by atoms with van der Waals surface area (Å²) >= 11 is 0. The van der Waals surface area contributed by atoms with Crippen LogP contribution < -0.4 is 10.5 Å². The molecule has 4 heteroatoms. The van der Waals surface area contributed by atoms with E-state index >= 15 is 0 Å². The van der Waals surface area contributed by atoms with Crippen molar-refractivity contribution in [1.82, 2.24) is 4.90 Å². The maximum absolute atomic E-state index is 5.94. The molecular weight excluding hydrogens is 240 g/mol. The highest BCUT2D eigenvalue weighted by atomic mass is 16.5. The molecule has 0 saturated carbocycles. The van der Waals surface area contributed by atoms with E-state index in [0.717, 1.165) is 38.3 Å². The Kier molecular flexibility index (Phi) is 5.19. The van der Waals surface area contributed by atoms with E-state index < -0.39 is 0 Å². The summed E-state index contributed by atoms with van der Waals surface area (Å²) in [6.07, 6.45) is 2.08. The van der Waals surface area contributed by atoms with Crippen molar-refractivity contribution in [2.45, 2.75) is 18.9 Å². The van der Waals surface area contributed by atoms with Crippen molar-refractivity contribution in [3.63, 3.8) is 0 Å². The van der Waals surface area contributed by atoms with Crippen molar-refractivity contribution in [2.24, 2.45) is 5.73 Å². The zero-order valence-corrected chi connectivity index (χ0v) is 11.9. The Balaban J connectivity index is 1.78. The maximum atomic E-state index is 5.94. The second-order valence-corrected chi connectivity index (χ2v) is 5.27. The first-order chi connectivity index (χ1) is 9.19. The lowest BCUT2D eigenvalue weighted by Crippen LogP contribution is -2.39. The van der Waals surface area contributed by atoms with E-state index in [4.69, 9.17) is 15.2 Å². The molecule has 1 atom stereocenters. The Morgan fingerprint density at radius 3 is 3.11 bits per heavy atom. The smallest absolute Gasteiger partial charge is 0.122 e. The number of methoxy groups -OCH3 is 1. The molecule has 4 nitrogen and oxygen atoms in total. The molecule has 0 bridgehead atoms. The number of benzene rings is 1. The minimum Gasteiger partial charge on any atom is -0.493 e. The quantitative estimate of drug-likeness (QED) is 0.800. The van der Waals surface area contributed by atoms with Gasteiger partial charge in [0.05, 0.1) is 13.2 Å². The summed E-state index contributed by atoms with van der Waals surface area (Å²) in [7, 11) is 3.79. The Bertz CT molecular complexity index is 409. The van der Waals surface area contributed by atoms with Crippen molar-refractivity contribution >= 4 is 0 Å². The topological polar surface area (TPSA) is 47.7 Å². The van der Waals surface area contributed by atoms with Gasteiger partial charge >= 0.3 is 0 Å². The number of hydrogen-bond donors (Lipinski definition) is 1.